The number of hydrogen-bond acceptors (Lipinski definition) is 6. The molecule has 17 heavy (non-hydrogen) atoms. The Bertz CT molecular complexity index is 521. The monoisotopic (exact) mass is 233 g/mol. The number of aromatic nitrogens is 3. The molecule has 2 heterocycles. The van der Waals surface area contributed by atoms with Gasteiger partial charge in [-0.3, -0.25) is 9.51 Å². The first-order chi connectivity index (χ1) is 8.16. The Morgan fingerprint density at radius 2 is 2.35 bits per heavy atom. The van der Waals surface area contributed by atoms with Crippen LogP contribution in [0.3, 0.4) is 0 Å². The molecule has 0 amide bonds. The maximum absolute atomic E-state index is 11.7. The maximum Gasteiger partial charge on any atom is 0.324 e. The van der Waals surface area contributed by atoms with Gasteiger partial charge in [0.2, 0.25) is 5.27 Å². The summed E-state index contributed by atoms with van der Waals surface area (Å²) in [6.07, 6.45) is 4.54. The molecule has 0 saturated carbocycles. The molecule has 2 aromatic rings. The van der Waals surface area contributed by atoms with Crippen LogP contribution in [0.4, 0.5) is 5.88 Å². The van der Waals surface area contributed by atoms with E-state index in [4.69, 9.17) is 4.52 Å². The largest absolute Gasteiger partial charge is 0.858 e. The fourth-order valence-corrected chi connectivity index (χ4v) is 1.12. The lowest BCUT2D eigenvalue weighted by Crippen LogP contribution is -2.53. The van der Waals surface area contributed by atoms with Crippen molar-refractivity contribution in [2.75, 3.05) is 19.1 Å². The Kier molecular flexibility index (Phi) is 2.99. The fraction of sp³-hybridized carbons (Fsp3) is 0.200. The molecule has 0 radical (unpaired) electrons. The molecule has 0 bridgehead atoms. The molecule has 0 aliphatic rings. The number of rotatable bonds is 3. The summed E-state index contributed by atoms with van der Waals surface area (Å²) in [6, 6.07) is 3.30. The summed E-state index contributed by atoms with van der Waals surface area (Å²) in [4.78, 5) is 9.04. The first-order valence-corrected chi connectivity index (χ1v) is 4.89. The second-order valence-electron chi connectivity index (χ2n) is 3.47. The van der Waals surface area contributed by atoms with E-state index in [1.54, 1.807) is 37.4 Å². The van der Waals surface area contributed by atoms with Crippen molar-refractivity contribution >= 4 is 11.8 Å². The minimum atomic E-state index is -0.417. The summed E-state index contributed by atoms with van der Waals surface area (Å²) in [7, 11) is 3.57. The van der Waals surface area contributed by atoms with Gasteiger partial charge in [-0.2, -0.15) is 5.01 Å². The van der Waals surface area contributed by atoms with Crippen molar-refractivity contribution in [2.24, 2.45) is 4.99 Å². The molecule has 7 nitrogen and oxygen atoms in total. The molecule has 0 unspecified atom stereocenters. The van der Waals surface area contributed by atoms with Gasteiger partial charge in [-0.15, -0.1) is 0 Å². The molecule has 0 aliphatic heterocycles. The highest BCUT2D eigenvalue weighted by Gasteiger charge is 2.12. The number of nitrogens with zero attached hydrogens (tertiary/aromatic N) is 5. The van der Waals surface area contributed by atoms with Crippen molar-refractivity contribution in [1.29, 1.82) is 0 Å². The smallest absolute Gasteiger partial charge is 0.324 e. The van der Waals surface area contributed by atoms with E-state index in [2.05, 4.69) is 15.2 Å². The molecule has 0 saturated heterocycles. The van der Waals surface area contributed by atoms with Gasteiger partial charge in [-0.05, 0) is 6.07 Å². The predicted octanol–water partition coefficient (Wildman–Crippen LogP) is -1.01. The first-order valence-electron chi connectivity index (χ1n) is 4.89. The van der Waals surface area contributed by atoms with Gasteiger partial charge < -0.3 is 5.11 Å². The van der Waals surface area contributed by atoms with E-state index in [1.165, 1.54) is 17.2 Å². The zero-order valence-corrected chi connectivity index (χ0v) is 9.44. The lowest BCUT2D eigenvalue weighted by Gasteiger charge is -2.07. The molecule has 7 heteroatoms. The maximum atomic E-state index is 11.7. The van der Waals surface area contributed by atoms with Crippen LogP contribution < -0.4 is 14.9 Å². The Labute approximate surface area is 97.6 Å². The van der Waals surface area contributed by atoms with Crippen LogP contribution in [0.1, 0.15) is 5.56 Å². The van der Waals surface area contributed by atoms with Crippen LogP contribution in [-0.4, -0.2) is 30.2 Å². The Balaban J connectivity index is 2.24. The van der Waals surface area contributed by atoms with Crippen molar-refractivity contribution in [3.8, 4) is 0 Å². The topological polar surface area (TPSA) is 81.5 Å². The molecule has 2 rings (SSSR count). The van der Waals surface area contributed by atoms with Crippen molar-refractivity contribution < 1.29 is 14.4 Å². The normalized spacial score (nSPS) is 11.5. The quantitative estimate of drug-likeness (QED) is 0.385. The summed E-state index contributed by atoms with van der Waals surface area (Å²) in [5, 5.41) is 17.0. The lowest BCUT2D eigenvalue weighted by atomic mass is 10.3. The molecule has 2 aromatic heterocycles. The zero-order valence-electron chi connectivity index (χ0n) is 9.44. The number of pyridine rings is 1. The van der Waals surface area contributed by atoms with E-state index < -0.39 is 5.90 Å². The van der Waals surface area contributed by atoms with E-state index >= 15 is 0 Å². The van der Waals surface area contributed by atoms with Crippen molar-refractivity contribution in [2.45, 2.75) is 0 Å². The summed E-state index contributed by atoms with van der Waals surface area (Å²) < 4.78 is 4.88. The van der Waals surface area contributed by atoms with Gasteiger partial charge in [0.15, 0.2) is 0 Å². The molecule has 0 N–H and O–H groups in total. The molecule has 0 spiro atoms. The third-order valence-electron chi connectivity index (χ3n) is 1.97. The van der Waals surface area contributed by atoms with Crippen LogP contribution in [0.5, 0.6) is 0 Å². The van der Waals surface area contributed by atoms with E-state index in [1.807, 2.05) is 0 Å². The zero-order chi connectivity index (χ0) is 12.3. The van der Waals surface area contributed by atoms with Gasteiger partial charge in [-0.25, -0.2) is 4.99 Å². The molecule has 0 fully saturated rings. The van der Waals surface area contributed by atoms with Crippen LogP contribution in [0.2, 0.25) is 0 Å². The Hall–Kier alpha value is -2.44. The van der Waals surface area contributed by atoms with Gasteiger partial charge in [0.1, 0.15) is 0 Å². The average Bonchev–Trinajstić information content (AvgIpc) is 2.79. The van der Waals surface area contributed by atoms with E-state index in [-0.39, 0.29) is 5.88 Å². The molecular weight excluding hydrogens is 222 g/mol. The standard InChI is InChI=1S/C10H11N5O2/c1-14(2)15-7-9(17-13-15)12-10(16)8-4-3-5-11-6-8/h3-7H,1-2H3. The Morgan fingerprint density at radius 1 is 1.53 bits per heavy atom. The molecule has 0 aromatic carbocycles. The first kappa shape index (κ1) is 11.1. The van der Waals surface area contributed by atoms with Gasteiger partial charge in [-0.1, -0.05) is 6.07 Å². The highest BCUT2D eigenvalue weighted by atomic mass is 16.5. The third kappa shape index (κ3) is 2.57. The number of aliphatic imine (C=N–C) groups is 1. The minimum Gasteiger partial charge on any atom is -0.858 e. The van der Waals surface area contributed by atoms with E-state index in [0.717, 1.165) is 0 Å². The SMILES string of the molecule is CN(C)[n+]1cc(/N=C(\[O-])c2cccnc2)on1. The molecule has 0 atom stereocenters. The second-order valence-corrected chi connectivity index (χ2v) is 3.47. The van der Waals surface area contributed by atoms with Crippen LogP contribution in [0.15, 0.2) is 40.2 Å². The van der Waals surface area contributed by atoms with E-state index in [9.17, 15) is 5.11 Å². The average molecular weight is 233 g/mol. The molecule has 88 valence electrons. The fourth-order valence-electron chi connectivity index (χ4n) is 1.12. The Morgan fingerprint density at radius 3 is 2.94 bits per heavy atom. The van der Waals surface area contributed by atoms with Gasteiger partial charge in [0.05, 0.1) is 18.9 Å². The molecule has 0 aliphatic carbocycles. The van der Waals surface area contributed by atoms with Crippen molar-refractivity contribution in [1.82, 2.24) is 10.3 Å². The van der Waals surface area contributed by atoms with Crippen molar-refractivity contribution in [3.63, 3.8) is 0 Å². The van der Waals surface area contributed by atoms with Crippen LogP contribution >= 0.6 is 0 Å². The van der Waals surface area contributed by atoms with Crippen molar-refractivity contribution in [3.05, 3.63) is 36.3 Å². The minimum absolute atomic E-state index is 0.146. The van der Waals surface area contributed by atoms with E-state index in [0.29, 0.717) is 5.56 Å². The van der Waals surface area contributed by atoms with Crippen LogP contribution in [-0.2, 0) is 0 Å². The third-order valence-corrected chi connectivity index (χ3v) is 1.97. The summed E-state index contributed by atoms with van der Waals surface area (Å²) in [6.45, 7) is 0. The summed E-state index contributed by atoms with van der Waals surface area (Å²) >= 11 is 0. The highest BCUT2D eigenvalue weighted by Crippen LogP contribution is 2.07. The molecular formula is C10H11N5O2. The van der Waals surface area contributed by atoms with Gasteiger partial charge in [0.25, 0.3) is 6.20 Å². The van der Waals surface area contributed by atoms with Gasteiger partial charge in [0, 0.05) is 23.9 Å². The highest BCUT2D eigenvalue weighted by molar-refractivity contribution is 5.91. The summed E-state index contributed by atoms with van der Waals surface area (Å²) in [5.41, 5.74) is 0.403. The van der Waals surface area contributed by atoms with Gasteiger partial charge >= 0.3 is 5.88 Å². The lowest BCUT2D eigenvalue weighted by molar-refractivity contribution is -0.753. The second kappa shape index (κ2) is 4.60. The number of hydrogen-bond donors (Lipinski definition) is 0. The van der Waals surface area contributed by atoms with Crippen LogP contribution in [0, 0.1) is 0 Å². The predicted molar refractivity (Wildman–Crippen MR) is 57.2 cm³/mol. The summed E-state index contributed by atoms with van der Waals surface area (Å²) in [5.74, 6) is -0.271. The van der Waals surface area contributed by atoms with Crippen LogP contribution in [0.25, 0.3) is 0 Å².